The smallest absolute Gasteiger partial charge is 0.167 e. The van der Waals surface area contributed by atoms with Crippen LogP contribution in [0.15, 0.2) is 0 Å². The highest BCUT2D eigenvalue weighted by Crippen LogP contribution is 2.59. The lowest BCUT2D eigenvalue weighted by Gasteiger charge is -2.53. The number of ketones is 1. The summed E-state index contributed by atoms with van der Waals surface area (Å²) < 4.78 is 5.97. The Bertz CT molecular complexity index is 416. The lowest BCUT2D eigenvalue weighted by molar-refractivity contribution is -0.205. The molecule has 4 nitrogen and oxygen atoms in total. The molecular formula is C15H24O4. The van der Waals surface area contributed by atoms with Crippen LogP contribution in [-0.2, 0) is 9.53 Å². The monoisotopic (exact) mass is 268 g/mol. The zero-order chi connectivity index (χ0) is 14.2. The Kier molecular flexibility index (Phi) is 2.71. The molecule has 0 aromatic heterocycles. The fourth-order valence-corrected chi connectivity index (χ4v) is 4.93. The van der Waals surface area contributed by atoms with E-state index in [9.17, 15) is 15.0 Å². The van der Waals surface area contributed by atoms with Crippen LogP contribution in [-0.4, -0.2) is 39.4 Å². The van der Waals surface area contributed by atoms with Crippen LogP contribution in [0.25, 0.3) is 0 Å². The summed E-state index contributed by atoms with van der Waals surface area (Å²) >= 11 is 0. The SMILES string of the molecule is CC(C)[C@@H]1[C@@H]2C[C@H](C)[C@H]3CC(=O)[C@@](C)(O)[C@@H](O2)[C@]31O. The van der Waals surface area contributed by atoms with E-state index >= 15 is 0 Å². The van der Waals surface area contributed by atoms with Crippen molar-refractivity contribution in [2.24, 2.45) is 23.7 Å². The Balaban J connectivity index is 2.12. The van der Waals surface area contributed by atoms with Gasteiger partial charge in [0.25, 0.3) is 0 Å². The highest BCUT2D eigenvalue weighted by Gasteiger charge is 2.72. The molecule has 4 heteroatoms. The maximum atomic E-state index is 12.2. The van der Waals surface area contributed by atoms with Crippen LogP contribution in [0.1, 0.15) is 40.5 Å². The van der Waals surface area contributed by atoms with Gasteiger partial charge in [0.15, 0.2) is 5.78 Å². The molecule has 0 unspecified atom stereocenters. The van der Waals surface area contributed by atoms with Crippen molar-refractivity contribution >= 4 is 5.78 Å². The molecule has 0 spiro atoms. The highest BCUT2D eigenvalue weighted by atomic mass is 16.5. The second-order valence-electron chi connectivity index (χ2n) is 7.31. The second kappa shape index (κ2) is 3.80. The Morgan fingerprint density at radius 1 is 1.37 bits per heavy atom. The van der Waals surface area contributed by atoms with Crippen LogP contribution in [0.4, 0.5) is 0 Å². The molecule has 2 saturated carbocycles. The number of hydrogen-bond acceptors (Lipinski definition) is 4. The number of fused-ring (bicyclic) bond motifs is 1. The van der Waals surface area contributed by atoms with E-state index in [1.807, 2.05) is 0 Å². The zero-order valence-corrected chi connectivity index (χ0v) is 12.1. The number of carbonyl (C=O) groups excluding carboxylic acids is 1. The van der Waals surface area contributed by atoms with Crippen LogP contribution in [0.3, 0.4) is 0 Å². The molecule has 3 aliphatic rings. The minimum Gasteiger partial charge on any atom is -0.386 e. The van der Waals surface area contributed by atoms with Crippen molar-refractivity contribution in [3.63, 3.8) is 0 Å². The Morgan fingerprint density at radius 3 is 2.58 bits per heavy atom. The minimum absolute atomic E-state index is 0.0123. The average molecular weight is 268 g/mol. The van der Waals surface area contributed by atoms with E-state index in [0.29, 0.717) is 0 Å². The van der Waals surface area contributed by atoms with Gasteiger partial charge in [-0.1, -0.05) is 20.8 Å². The molecule has 2 N–H and O–H groups in total. The van der Waals surface area contributed by atoms with Crippen molar-refractivity contribution in [3.8, 4) is 0 Å². The largest absolute Gasteiger partial charge is 0.386 e. The molecule has 2 bridgehead atoms. The van der Waals surface area contributed by atoms with Gasteiger partial charge in [0.05, 0.1) is 6.10 Å². The molecule has 7 atom stereocenters. The molecule has 3 fully saturated rings. The molecule has 0 radical (unpaired) electrons. The third kappa shape index (κ3) is 1.48. The lowest BCUT2D eigenvalue weighted by atomic mass is 9.53. The number of Topliss-reactive ketones (excluding diaryl/α,β-unsaturated/α-hetero) is 1. The van der Waals surface area contributed by atoms with Gasteiger partial charge in [-0.3, -0.25) is 4.79 Å². The quantitative estimate of drug-likeness (QED) is 0.748. The number of ether oxygens (including phenoxy) is 1. The van der Waals surface area contributed by atoms with E-state index in [4.69, 9.17) is 4.74 Å². The number of carbonyl (C=O) groups is 1. The molecular weight excluding hydrogens is 244 g/mol. The maximum absolute atomic E-state index is 12.2. The van der Waals surface area contributed by atoms with Crippen LogP contribution in [0, 0.1) is 23.7 Å². The molecule has 19 heavy (non-hydrogen) atoms. The number of rotatable bonds is 1. The number of aliphatic hydroxyl groups is 2. The average Bonchev–Trinajstić information content (AvgIpc) is 2.54. The first-order valence-electron chi connectivity index (χ1n) is 7.34. The van der Waals surface area contributed by atoms with Gasteiger partial charge in [0.1, 0.15) is 17.3 Å². The van der Waals surface area contributed by atoms with Gasteiger partial charge in [-0.2, -0.15) is 0 Å². The van der Waals surface area contributed by atoms with Gasteiger partial charge in [0, 0.05) is 18.3 Å². The Labute approximate surface area is 114 Å². The van der Waals surface area contributed by atoms with Gasteiger partial charge < -0.3 is 14.9 Å². The fourth-order valence-electron chi connectivity index (χ4n) is 4.93. The van der Waals surface area contributed by atoms with E-state index in [0.717, 1.165) is 6.42 Å². The zero-order valence-electron chi connectivity index (χ0n) is 12.1. The molecule has 0 amide bonds. The summed E-state index contributed by atoms with van der Waals surface area (Å²) in [6, 6.07) is 0. The van der Waals surface area contributed by atoms with Crippen molar-refractivity contribution in [1.29, 1.82) is 0 Å². The molecule has 0 aromatic carbocycles. The van der Waals surface area contributed by atoms with Crippen LogP contribution in [0.2, 0.25) is 0 Å². The van der Waals surface area contributed by atoms with Crippen LogP contribution < -0.4 is 0 Å². The van der Waals surface area contributed by atoms with Crippen LogP contribution in [0.5, 0.6) is 0 Å². The topological polar surface area (TPSA) is 66.8 Å². The molecule has 108 valence electrons. The first-order valence-corrected chi connectivity index (χ1v) is 7.34. The summed E-state index contributed by atoms with van der Waals surface area (Å²) in [6.45, 7) is 7.74. The van der Waals surface area contributed by atoms with E-state index in [2.05, 4.69) is 20.8 Å². The third-order valence-corrected chi connectivity index (χ3v) is 5.75. The van der Waals surface area contributed by atoms with E-state index in [1.165, 1.54) is 6.92 Å². The Morgan fingerprint density at radius 2 is 2.00 bits per heavy atom. The molecule has 3 rings (SSSR count). The fraction of sp³-hybridized carbons (Fsp3) is 0.933. The maximum Gasteiger partial charge on any atom is 0.167 e. The van der Waals surface area contributed by atoms with Crippen molar-refractivity contribution in [1.82, 2.24) is 0 Å². The van der Waals surface area contributed by atoms with Crippen molar-refractivity contribution in [2.75, 3.05) is 0 Å². The third-order valence-electron chi connectivity index (χ3n) is 5.75. The first kappa shape index (κ1) is 13.5. The molecule has 0 aromatic rings. The molecule has 1 heterocycles. The predicted octanol–water partition coefficient (Wildman–Crippen LogP) is 1.14. The standard InChI is InChI=1S/C15H24O4/c1-7(2)12-10-5-8(3)9-6-11(16)14(4,17)13(19-10)15(9,12)18/h7-10,12-13,17-18H,5-6H2,1-4H3/t8-,9+,10-,12+,13+,14+,15-/m0/s1. The molecule has 1 saturated heterocycles. The van der Waals surface area contributed by atoms with Crippen molar-refractivity contribution in [3.05, 3.63) is 0 Å². The van der Waals surface area contributed by atoms with Gasteiger partial charge in [-0.25, -0.2) is 0 Å². The Hall–Kier alpha value is -0.450. The summed E-state index contributed by atoms with van der Waals surface area (Å²) in [7, 11) is 0. The summed E-state index contributed by atoms with van der Waals surface area (Å²) in [5.41, 5.74) is -2.62. The van der Waals surface area contributed by atoms with Gasteiger partial charge in [-0.15, -0.1) is 0 Å². The number of hydrogen-bond donors (Lipinski definition) is 2. The van der Waals surface area contributed by atoms with Gasteiger partial charge >= 0.3 is 0 Å². The van der Waals surface area contributed by atoms with Crippen molar-refractivity contribution < 1.29 is 19.7 Å². The predicted molar refractivity (Wildman–Crippen MR) is 69.5 cm³/mol. The van der Waals surface area contributed by atoms with Crippen molar-refractivity contribution in [2.45, 2.75) is 63.9 Å². The summed E-state index contributed by atoms with van der Waals surface area (Å²) in [5, 5.41) is 21.8. The normalized spacial score (nSPS) is 56.8. The summed E-state index contributed by atoms with van der Waals surface area (Å²) in [5.74, 6) is 0.271. The first-order chi connectivity index (χ1) is 8.70. The second-order valence-corrected chi connectivity index (χ2v) is 7.31. The highest BCUT2D eigenvalue weighted by molar-refractivity contribution is 5.89. The van der Waals surface area contributed by atoms with E-state index < -0.39 is 17.3 Å². The van der Waals surface area contributed by atoms with E-state index in [1.54, 1.807) is 0 Å². The minimum atomic E-state index is -1.56. The van der Waals surface area contributed by atoms with Gasteiger partial charge in [0.2, 0.25) is 0 Å². The summed E-state index contributed by atoms with van der Waals surface area (Å²) in [4.78, 5) is 12.2. The lowest BCUT2D eigenvalue weighted by Crippen LogP contribution is -2.68. The molecule has 1 aliphatic heterocycles. The van der Waals surface area contributed by atoms with Crippen LogP contribution >= 0.6 is 0 Å². The summed E-state index contributed by atoms with van der Waals surface area (Å²) in [6.07, 6.45) is 0.322. The molecule has 2 aliphatic carbocycles. The van der Waals surface area contributed by atoms with E-state index in [-0.39, 0.29) is 42.0 Å². The van der Waals surface area contributed by atoms with Gasteiger partial charge in [-0.05, 0) is 25.2 Å².